The number of urea groups is 1. The summed E-state index contributed by atoms with van der Waals surface area (Å²) in [6.07, 6.45) is 7.83. The Morgan fingerprint density at radius 1 is 1.04 bits per heavy atom. The van der Waals surface area contributed by atoms with Crippen LogP contribution < -0.4 is 10.6 Å². The number of benzene rings is 1. The van der Waals surface area contributed by atoms with Crippen molar-refractivity contribution in [3.8, 4) is 0 Å². The van der Waals surface area contributed by atoms with Crippen LogP contribution in [0.1, 0.15) is 49.7 Å². The number of carbonyl (C=O) groups excluding carboxylic acids is 1. The van der Waals surface area contributed by atoms with Crippen molar-refractivity contribution in [1.82, 2.24) is 10.3 Å². The number of nitrogens with zero attached hydrogens (tertiary/aromatic N) is 1. The molecule has 3 aliphatic rings. The van der Waals surface area contributed by atoms with Crippen molar-refractivity contribution in [3.63, 3.8) is 0 Å². The summed E-state index contributed by atoms with van der Waals surface area (Å²) >= 11 is 0. The molecule has 0 spiro atoms. The Labute approximate surface area is 153 Å². The van der Waals surface area contributed by atoms with E-state index < -0.39 is 0 Å². The molecule has 5 unspecified atom stereocenters. The lowest BCUT2D eigenvalue weighted by Crippen LogP contribution is -2.43. The number of hydrogen-bond donors (Lipinski definition) is 2. The first-order valence-corrected chi connectivity index (χ1v) is 10.0. The van der Waals surface area contributed by atoms with E-state index >= 15 is 0 Å². The smallest absolute Gasteiger partial charge is 0.323 e. The van der Waals surface area contributed by atoms with Gasteiger partial charge < -0.3 is 9.73 Å². The number of fused-ring (bicyclic) bond motifs is 3. The normalized spacial score (nSPS) is 32.6. The van der Waals surface area contributed by atoms with E-state index in [2.05, 4.69) is 22.5 Å². The number of hydrogen-bond acceptors (Lipinski definition) is 3. The van der Waals surface area contributed by atoms with Crippen LogP contribution >= 0.6 is 0 Å². The van der Waals surface area contributed by atoms with Crippen LogP contribution in [0.25, 0.3) is 11.1 Å². The van der Waals surface area contributed by atoms with Gasteiger partial charge in [0, 0.05) is 6.04 Å². The van der Waals surface area contributed by atoms with Crippen molar-refractivity contribution in [1.29, 1.82) is 0 Å². The van der Waals surface area contributed by atoms with Crippen molar-refractivity contribution < 1.29 is 9.21 Å². The van der Waals surface area contributed by atoms with E-state index in [1.807, 2.05) is 19.1 Å². The molecule has 1 heterocycles. The van der Waals surface area contributed by atoms with E-state index in [1.54, 1.807) is 0 Å². The number of anilines is 1. The van der Waals surface area contributed by atoms with Crippen molar-refractivity contribution in [2.75, 3.05) is 5.32 Å². The monoisotopic (exact) mass is 353 g/mol. The van der Waals surface area contributed by atoms with E-state index in [0.717, 1.165) is 35.3 Å². The first-order valence-electron chi connectivity index (χ1n) is 10.0. The molecule has 3 saturated carbocycles. The molecule has 0 radical (unpaired) electrons. The van der Waals surface area contributed by atoms with Gasteiger partial charge in [-0.25, -0.2) is 4.79 Å². The quantitative estimate of drug-likeness (QED) is 0.816. The first-order chi connectivity index (χ1) is 12.5. The minimum Gasteiger partial charge on any atom is -0.423 e. The molecule has 2 aromatic rings. The number of aromatic nitrogens is 1. The number of nitrogens with one attached hydrogen (secondary N) is 2. The van der Waals surface area contributed by atoms with Gasteiger partial charge in [-0.15, -0.1) is 0 Å². The summed E-state index contributed by atoms with van der Waals surface area (Å²) in [5.41, 5.74) is 3.83. The third-order valence-electron chi connectivity index (χ3n) is 7.14. The van der Waals surface area contributed by atoms with Crippen LogP contribution in [-0.2, 0) is 0 Å². The van der Waals surface area contributed by atoms with Crippen LogP contribution in [0, 0.1) is 37.5 Å². The van der Waals surface area contributed by atoms with Crippen molar-refractivity contribution >= 4 is 23.1 Å². The predicted octanol–water partition coefficient (Wildman–Crippen LogP) is 4.78. The van der Waals surface area contributed by atoms with E-state index in [4.69, 9.17) is 4.42 Å². The lowest BCUT2D eigenvalue weighted by molar-refractivity contribution is 0.205. The van der Waals surface area contributed by atoms with E-state index in [1.165, 1.54) is 37.7 Å². The Balaban J connectivity index is 1.27. The molecular weight excluding hydrogens is 326 g/mol. The molecule has 5 atom stereocenters. The molecule has 0 saturated heterocycles. The maximum atomic E-state index is 12.5. The highest BCUT2D eigenvalue weighted by Crippen LogP contribution is 2.53. The summed E-state index contributed by atoms with van der Waals surface area (Å²) in [5, 5.41) is 6.03. The van der Waals surface area contributed by atoms with Crippen LogP contribution in [0.4, 0.5) is 10.8 Å². The number of rotatable bonds is 2. The minimum atomic E-state index is -0.187. The SMILES string of the molecule is Cc1cc2nc(NC(=O)NC3CCC4CC5CC4CC3C5)oc2cc1C. The molecule has 2 amide bonds. The first kappa shape index (κ1) is 16.2. The fourth-order valence-corrected chi connectivity index (χ4v) is 5.77. The molecule has 1 aromatic carbocycles. The predicted molar refractivity (Wildman–Crippen MR) is 101 cm³/mol. The summed E-state index contributed by atoms with van der Waals surface area (Å²) in [6.45, 7) is 4.10. The Morgan fingerprint density at radius 3 is 2.69 bits per heavy atom. The van der Waals surface area contributed by atoms with Gasteiger partial charge in [0.15, 0.2) is 5.58 Å². The van der Waals surface area contributed by atoms with Gasteiger partial charge in [-0.1, -0.05) is 0 Å². The second-order valence-electron chi connectivity index (χ2n) is 8.79. The highest BCUT2D eigenvalue weighted by atomic mass is 16.4. The summed E-state index contributed by atoms with van der Waals surface area (Å²) in [5.74, 6) is 3.37. The summed E-state index contributed by atoms with van der Waals surface area (Å²) in [4.78, 5) is 16.9. The molecule has 3 fully saturated rings. The Kier molecular flexibility index (Phi) is 3.73. The second kappa shape index (κ2) is 6.00. The third kappa shape index (κ3) is 2.78. The van der Waals surface area contributed by atoms with Crippen LogP contribution in [0.3, 0.4) is 0 Å². The van der Waals surface area contributed by atoms with Gasteiger partial charge in [-0.05, 0) is 99.3 Å². The van der Waals surface area contributed by atoms with Crippen LogP contribution in [0.5, 0.6) is 0 Å². The maximum absolute atomic E-state index is 12.5. The van der Waals surface area contributed by atoms with E-state index in [9.17, 15) is 4.79 Å². The summed E-state index contributed by atoms with van der Waals surface area (Å²) in [6, 6.07) is 4.35. The number of oxazole rings is 1. The van der Waals surface area contributed by atoms with Gasteiger partial charge in [-0.2, -0.15) is 4.98 Å². The highest BCUT2D eigenvalue weighted by Gasteiger charge is 2.45. The molecule has 2 N–H and O–H groups in total. The molecular formula is C21H27N3O2. The molecule has 5 rings (SSSR count). The lowest BCUT2D eigenvalue weighted by Gasteiger charge is -2.32. The zero-order valence-corrected chi connectivity index (χ0v) is 15.5. The van der Waals surface area contributed by atoms with Gasteiger partial charge in [0.1, 0.15) is 5.52 Å². The largest absolute Gasteiger partial charge is 0.423 e. The molecule has 5 nitrogen and oxygen atoms in total. The minimum absolute atomic E-state index is 0.187. The Bertz CT molecular complexity index is 819. The summed E-state index contributed by atoms with van der Waals surface area (Å²) < 4.78 is 5.71. The van der Waals surface area contributed by atoms with Crippen LogP contribution in [-0.4, -0.2) is 17.1 Å². The topological polar surface area (TPSA) is 67.2 Å². The fourth-order valence-electron chi connectivity index (χ4n) is 5.77. The molecule has 5 heteroatoms. The van der Waals surface area contributed by atoms with Gasteiger partial charge in [0.2, 0.25) is 0 Å². The van der Waals surface area contributed by atoms with Crippen molar-refractivity contribution in [3.05, 3.63) is 23.3 Å². The number of aryl methyl sites for hydroxylation is 2. The number of amides is 2. The molecule has 1 aromatic heterocycles. The zero-order chi connectivity index (χ0) is 17.8. The average molecular weight is 353 g/mol. The van der Waals surface area contributed by atoms with E-state index in [-0.39, 0.29) is 12.0 Å². The maximum Gasteiger partial charge on any atom is 0.323 e. The second-order valence-corrected chi connectivity index (χ2v) is 8.79. The third-order valence-corrected chi connectivity index (χ3v) is 7.14. The highest BCUT2D eigenvalue weighted by molar-refractivity contribution is 5.89. The van der Waals surface area contributed by atoms with Crippen LogP contribution in [0.15, 0.2) is 16.5 Å². The number of carbonyl (C=O) groups is 1. The molecule has 3 aliphatic carbocycles. The van der Waals surface area contributed by atoms with Gasteiger partial charge in [-0.3, -0.25) is 5.32 Å². The molecule has 0 aliphatic heterocycles. The molecule has 138 valence electrons. The zero-order valence-electron chi connectivity index (χ0n) is 15.5. The molecule has 26 heavy (non-hydrogen) atoms. The van der Waals surface area contributed by atoms with Crippen LogP contribution in [0.2, 0.25) is 0 Å². The lowest BCUT2D eigenvalue weighted by atomic mass is 9.78. The van der Waals surface area contributed by atoms with Gasteiger partial charge in [0.25, 0.3) is 0 Å². The standard InChI is InChI=1S/C21H27N3O2/c1-11-5-18-19(6-12(11)2)26-21(23-18)24-20(25)22-17-4-3-14-7-13-8-15(14)10-16(17)9-13/h5-6,13-17H,3-4,7-10H2,1-2H3,(H2,22,23,24,25). The van der Waals surface area contributed by atoms with Gasteiger partial charge >= 0.3 is 12.0 Å². The fraction of sp³-hybridized carbons (Fsp3) is 0.619. The van der Waals surface area contributed by atoms with Crippen molar-refractivity contribution in [2.24, 2.45) is 23.7 Å². The summed E-state index contributed by atoms with van der Waals surface area (Å²) in [7, 11) is 0. The van der Waals surface area contributed by atoms with Gasteiger partial charge in [0.05, 0.1) is 0 Å². The Morgan fingerprint density at radius 2 is 1.81 bits per heavy atom. The van der Waals surface area contributed by atoms with Crippen molar-refractivity contribution in [2.45, 2.75) is 58.4 Å². The van der Waals surface area contributed by atoms with E-state index in [0.29, 0.717) is 17.5 Å². The Hall–Kier alpha value is -2.04. The molecule has 3 bridgehead atoms. The average Bonchev–Trinajstić information content (AvgIpc) is 3.07.